The van der Waals surface area contributed by atoms with Crippen LogP contribution in [0.1, 0.15) is 26.2 Å². The second kappa shape index (κ2) is 9.28. The average molecular weight is 378 g/mol. The summed E-state index contributed by atoms with van der Waals surface area (Å²) in [6.07, 6.45) is 3.13. The summed E-state index contributed by atoms with van der Waals surface area (Å²) in [6, 6.07) is 7.67. The Bertz CT molecular complexity index is 453. The molecule has 0 aliphatic carbocycles. The van der Waals surface area contributed by atoms with E-state index >= 15 is 0 Å². The molecule has 1 heterocycles. The Morgan fingerprint density at radius 2 is 2.24 bits per heavy atom. The van der Waals surface area contributed by atoms with Crippen LogP contribution in [0.3, 0.4) is 0 Å². The van der Waals surface area contributed by atoms with Crippen LogP contribution in [0.15, 0.2) is 28.7 Å². The number of piperidine rings is 1. The minimum atomic E-state index is -0.0683. The molecule has 0 spiro atoms. The second-order valence-electron chi connectivity index (χ2n) is 5.11. The van der Waals surface area contributed by atoms with E-state index in [0.717, 1.165) is 36.0 Å². The zero-order valence-electron chi connectivity index (χ0n) is 12.1. The van der Waals surface area contributed by atoms with E-state index in [0.29, 0.717) is 6.54 Å². The molecule has 1 saturated heterocycles. The van der Waals surface area contributed by atoms with E-state index < -0.39 is 0 Å². The Kier molecular flexibility index (Phi) is 8.07. The fourth-order valence-electron chi connectivity index (χ4n) is 2.24. The molecule has 1 aromatic carbocycles. The van der Waals surface area contributed by atoms with Crippen LogP contribution in [-0.4, -0.2) is 31.1 Å². The SMILES string of the molecule is CC(CNC(=O)C1CCCCN1)Oc1ccccc1Br.Cl. The Balaban J connectivity index is 0.00000220. The van der Waals surface area contributed by atoms with Crippen molar-refractivity contribution in [2.24, 2.45) is 0 Å². The van der Waals surface area contributed by atoms with Crippen LogP contribution in [0.5, 0.6) is 5.75 Å². The molecule has 21 heavy (non-hydrogen) atoms. The van der Waals surface area contributed by atoms with Gasteiger partial charge in [0.1, 0.15) is 11.9 Å². The Labute approximate surface area is 140 Å². The lowest BCUT2D eigenvalue weighted by atomic mass is 10.0. The second-order valence-corrected chi connectivity index (χ2v) is 5.96. The molecule has 6 heteroatoms. The van der Waals surface area contributed by atoms with Gasteiger partial charge in [-0.25, -0.2) is 0 Å². The van der Waals surface area contributed by atoms with Gasteiger partial charge in [-0.3, -0.25) is 4.79 Å². The van der Waals surface area contributed by atoms with Crippen molar-refractivity contribution in [2.45, 2.75) is 38.3 Å². The molecule has 1 aliphatic heterocycles. The third-order valence-electron chi connectivity index (χ3n) is 3.36. The molecule has 1 aromatic rings. The standard InChI is InChI=1S/C15H21BrN2O2.ClH/c1-11(20-14-8-3-2-6-12(14)16)10-18-15(19)13-7-4-5-9-17-13;/h2-3,6,8,11,13,17H,4-5,7,9-10H2,1H3,(H,18,19);1H. The predicted octanol–water partition coefficient (Wildman–Crippen LogP) is 2.90. The molecule has 2 atom stereocenters. The predicted molar refractivity (Wildman–Crippen MR) is 90.1 cm³/mol. The maximum Gasteiger partial charge on any atom is 0.237 e. The zero-order valence-corrected chi connectivity index (χ0v) is 14.5. The van der Waals surface area contributed by atoms with Crippen LogP contribution < -0.4 is 15.4 Å². The first-order chi connectivity index (χ1) is 9.66. The lowest BCUT2D eigenvalue weighted by Gasteiger charge is -2.23. The van der Waals surface area contributed by atoms with Crippen LogP contribution in [0, 0.1) is 0 Å². The van der Waals surface area contributed by atoms with Crippen LogP contribution in [0.25, 0.3) is 0 Å². The number of carbonyl (C=O) groups is 1. The summed E-state index contributed by atoms with van der Waals surface area (Å²) in [5, 5.41) is 6.19. The van der Waals surface area contributed by atoms with Crippen molar-refractivity contribution in [1.29, 1.82) is 0 Å². The maximum absolute atomic E-state index is 12.0. The van der Waals surface area contributed by atoms with E-state index in [1.807, 2.05) is 31.2 Å². The highest BCUT2D eigenvalue weighted by atomic mass is 79.9. The fourth-order valence-corrected chi connectivity index (χ4v) is 2.62. The summed E-state index contributed by atoms with van der Waals surface area (Å²) in [6.45, 7) is 3.40. The van der Waals surface area contributed by atoms with Gasteiger partial charge in [0.2, 0.25) is 5.91 Å². The molecule has 0 aromatic heterocycles. The number of carbonyl (C=O) groups excluding carboxylic acids is 1. The van der Waals surface area contributed by atoms with Crippen molar-refractivity contribution in [3.63, 3.8) is 0 Å². The molecule has 2 N–H and O–H groups in total. The zero-order chi connectivity index (χ0) is 14.4. The Morgan fingerprint density at radius 3 is 2.90 bits per heavy atom. The third-order valence-corrected chi connectivity index (χ3v) is 4.01. The van der Waals surface area contributed by atoms with Crippen LogP contribution in [0.4, 0.5) is 0 Å². The summed E-state index contributed by atoms with van der Waals surface area (Å²) < 4.78 is 6.72. The van der Waals surface area contributed by atoms with Gasteiger partial charge in [-0.15, -0.1) is 12.4 Å². The largest absolute Gasteiger partial charge is 0.488 e. The van der Waals surface area contributed by atoms with Crippen molar-refractivity contribution in [3.05, 3.63) is 28.7 Å². The summed E-state index contributed by atoms with van der Waals surface area (Å²) in [5.41, 5.74) is 0. The minimum absolute atomic E-state index is 0. The highest BCUT2D eigenvalue weighted by Gasteiger charge is 2.20. The van der Waals surface area contributed by atoms with Gasteiger partial charge in [-0.2, -0.15) is 0 Å². The number of hydrogen-bond acceptors (Lipinski definition) is 3. The molecule has 1 aliphatic rings. The molecule has 2 unspecified atom stereocenters. The molecular weight excluding hydrogens is 356 g/mol. The van der Waals surface area contributed by atoms with Crippen molar-refractivity contribution in [2.75, 3.05) is 13.1 Å². The minimum Gasteiger partial charge on any atom is -0.488 e. The van der Waals surface area contributed by atoms with Crippen LogP contribution in [0.2, 0.25) is 0 Å². The topological polar surface area (TPSA) is 50.4 Å². The van der Waals surface area contributed by atoms with E-state index in [-0.39, 0.29) is 30.5 Å². The van der Waals surface area contributed by atoms with E-state index in [4.69, 9.17) is 4.74 Å². The van der Waals surface area contributed by atoms with E-state index in [1.165, 1.54) is 0 Å². The number of benzene rings is 1. The molecule has 0 saturated carbocycles. The van der Waals surface area contributed by atoms with E-state index in [2.05, 4.69) is 26.6 Å². The number of halogens is 2. The van der Waals surface area contributed by atoms with Gasteiger partial charge in [-0.1, -0.05) is 18.6 Å². The van der Waals surface area contributed by atoms with E-state index in [9.17, 15) is 4.79 Å². The Morgan fingerprint density at radius 1 is 1.48 bits per heavy atom. The van der Waals surface area contributed by atoms with E-state index in [1.54, 1.807) is 0 Å². The number of hydrogen-bond donors (Lipinski definition) is 2. The van der Waals surface area contributed by atoms with Crippen LogP contribution >= 0.6 is 28.3 Å². The van der Waals surface area contributed by atoms with Crippen molar-refractivity contribution >= 4 is 34.2 Å². The highest BCUT2D eigenvalue weighted by molar-refractivity contribution is 9.10. The summed E-state index contributed by atoms with van der Waals surface area (Å²) in [7, 11) is 0. The first-order valence-corrected chi connectivity index (χ1v) is 7.88. The summed E-state index contributed by atoms with van der Waals surface area (Å²) >= 11 is 3.45. The molecule has 0 radical (unpaired) electrons. The van der Waals surface area contributed by atoms with Gasteiger partial charge >= 0.3 is 0 Å². The maximum atomic E-state index is 12.0. The molecule has 2 rings (SSSR count). The number of rotatable bonds is 5. The first-order valence-electron chi connectivity index (χ1n) is 7.09. The van der Waals surface area contributed by atoms with Crippen molar-refractivity contribution < 1.29 is 9.53 Å². The summed E-state index contributed by atoms with van der Waals surface area (Å²) in [4.78, 5) is 12.0. The number of ether oxygens (including phenoxy) is 1. The van der Waals surface area contributed by atoms with Gasteiger partial charge in [0.25, 0.3) is 0 Å². The van der Waals surface area contributed by atoms with Gasteiger partial charge in [0, 0.05) is 0 Å². The molecule has 1 amide bonds. The van der Waals surface area contributed by atoms with Gasteiger partial charge < -0.3 is 15.4 Å². The summed E-state index contributed by atoms with van der Waals surface area (Å²) in [5.74, 6) is 0.873. The smallest absolute Gasteiger partial charge is 0.237 e. The van der Waals surface area contributed by atoms with Crippen molar-refractivity contribution in [3.8, 4) is 5.75 Å². The van der Waals surface area contributed by atoms with Gasteiger partial charge in [0.15, 0.2) is 0 Å². The lowest BCUT2D eigenvalue weighted by Crippen LogP contribution is -2.48. The molecular formula is C15H22BrClN2O2. The normalized spacial score (nSPS) is 19.2. The third kappa shape index (κ3) is 5.85. The lowest BCUT2D eigenvalue weighted by molar-refractivity contribution is -0.124. The molecule has 0 bridgehead atoms. The Hall–Kier alpha value is -0.780. The quantitative estimate of drug-likeness (QED) is 0.829. The molecule has 4 nitrogen and oxygen atoms in total. The molecule has 118 valence electrons. The van der Waals surface area contributed by atoms with Gasteiger partial charge in [-0.05, 0) is 54.4 Å². The first kappa shape index (κ1) is 18.3. The highest BCUT2D eigenvalue weighted by Crippen LogP contribution is 2.24. The van der Waals surface area contributed by atoms with Gasteiger partial charge in [0.05, 0.1) is 17.1 Å². The fraction of sp³-hybridized carbons (Fsp3) is 0.533. The number of nitrogens with one attached hydrogen (secondary N) is 2. The van der Waals surface area contributed by atoms with Crippen molar-refractivity contribution in [1.82, 2.24) is 10.6 Å². The molecule has 1 fully saturated rings. The van der Waals surface area contributed by atoms with Crippen LogP contribution in [-0.2, 0) is 4.79 Å². The monoisotopic (exact) mass is 376 g/mol. The number of amides is 1. The average Bonchev–Trinajstić information content (AvgIpc) is 2.48. The number of para-hydroxylation sites is 1.